The summed E-state index contributed by atoms with van der Waals surface area (Å²) in [5.41, 5.74) is 0. The molecule has 0 amide bonds. The fourth-order valence-corrected chi connectivity index (χ4v) is 7.10. The number of hydrogen-bond acceptors (Lipinski definition) is 4. The molecule has 0 aromatic rings. The fourth-order valence-electron chi connectivity index (χ4n) is 7.10. The number of hydrogen-bond donors (Lipinski definition) is 1. The van der Waals surface area contributed by atoms with E-state index >= 15 is 0 Å². The smallest absolute Gasteiger partial charge is 0.313 e. The highest BCUT2D eigenvalue weighted by molar-refractivity contribution is 5.85. The molecule has 316 valence electrons. The molecule has 0 bridgehead atoms. The van der Waals surface area contributed by atoms with E-state index in [0.29, 0.717) is 19.3 Å². The molecule has 0 aliphatic carbocycles. The molecule has 5 nitrogen and oxygen atoms in total. The van der Waals surface area contributed by atoms with Gasteiger partial charge in [0.15, 0.2) is 0 Å². The summed E-state index contributed by atoms with van der Waals surface area (Å²) in [6.07, 6.45) is 51.5. The van der Waals surface area contributed by atoms with Crippen LogP contribution in [0.15, 0.2) is 0 Å². The van der Waals surface area contributed by atoms with E-state index in [9.17, 15) is 14.4 Å². The number of ether oxygens (including phenoxy) is 1. The monoisotopic (exact) mass is 751 g/mol. The molecule has 0 fully saturated rings. The van der Waals surface area contributed by atoms with E-state index in [1.807, 2.05) is 0 Å². The van der Waals surface area contributed by atoms with Gasteiger partial charge < -0.3 is 9.84 Å². The maximum Gasteiger partial charge on any atom is 0.313 e. The minimum Gasteiger partial charge on any atom is -0.481 e. The van der Waals surface area contributed by atoms with Gasteiger partial charge in [-0.3, -0.25) is 14.4 Å². The van der Waals surface area contributed by atoms with Crippen LogP contribution in [-0.4, -0.2) is 23.0 Å². The van der Waals surface area contributed by atoms with Crippen LogP contribution in [0, 0.1) is 0 Å². The van der Waals surface area contributed by atoms with Gasteiger partial charge in [0, 0.05) is 19.3 Å². The Morgan fingerprint density at radius 3 is 0.642 bits per heavy atom. The maximum absolute atomic E-state index is 11.8. The number of carboxylic acid groups (broad SMARTS) is 1. The summed E-state index contributed by atoms with van der Waals surface area (Å²) in [4.78, 5) is 34.0. The van der Waals surface area contributed by atoms with Gasteiger partial charge in [-0.05, 0) is 19.3 Å². The Bertz CT molecular complexity index is 695. The van der Waals surface area contributed by atoms with E-state index in [4.69, 9.17) is 9.84 Å². The molecule has 0 heterocycles. The molecule has 0 aromatic carbocycles. The van der Waals surface area contributed by atoms with Crippen molar-refractivity contribution in [1.82, 2.24) is 0 Å². The Morgan fingerprint density at radius 2 is 0.453 bits per heavy atom. The summed E-state index contributed by atoms with van der Waals surface area (Å²) in [7, 11) is 0. The second-order valence-electron chi connectivity index (χ2n) is 16.2. The largest absolute Gasteiger partial charge is 0.481 e. The van der Waals surface area contributed by atoms with Crippen molar-refractivity contribution >= 4 is 17.9 Å². The van der Waals surface area contributed by atoms with E-state index in [0.717, 1.165) is 38.5 Å². The molecule has 0 saturated heterocycles. The van der Waals surface area contributed by atoms with Crippen molar-refractivity contribution in [1.29, 1.82) is 0 Å². The van der Waals surface area contributed by atoms with Crippen molar-refractivity contribution in [3.63, 3.8) is 0 Å². The van der Waals surface area contributed by atoms with Gasteiger partial charge in [0.2, 0.25) is 0 Å². The van der Waals surface area contributed by atoms with Crippen LogP contribution in [0.2, 0.25) is 0 Å². The SMILES string of the molecule is CCCCCCCCCCCCCCCC(=O)O.CCCCCCCCCCCCCCCC(=O)OC(=O)CCCCCCCCCCCCCCC. The number of rotatable bonds is 42. The lowest BCUT2D eigenvalue weighted by Crippen LogP contribution is -2.11. The predicted molar refractivity (Wildman–Crippen MR) is 230 cm³/mol. The Hall–Kier alpha value is -1.39. The van der Waals surface area contributed by atoms with Crippen molar-refractivity contribution in [3.05, 3.63) is 0 Å². The van der Waals surface area contributed by atoms with Crippen molar-refractivity contribution < 1.29 is 24.2 Å². The second kappa shape index (κ2) is 48.6. The Kier molecular flexibility index (Phi) is 49.3. The van der Waals surface area contributed by atoms with Crippen molar-refractivity contribution in [2.24, 2.45) is 0 Å². The molecule has 0 radical (unpaired) electrons. The van der Waals surface area contributed by atoms with Crippen LogP contribution in [-0.2, 0) is 19.1 Å². The zero-order chi connectivity index (χ0) is 39.1. The minimum atomic E-state index is -0.655. The number of unbranched alkanes of at least 4 members (excludes halogenated alkanes) is 36. The lowest BCUT2D eigenvalue weighted by molar-refractivity contribution is -0.159. The summed E-state index contributed by atoms with van der Waals surface area (Å²) in [5.74, 6) is -1.31. The fraction of sp³-hybridized carbons (Fsp3) is 0.938. The third-order valence-electron chi connectivity index (χ3n) is 10.7. The molecular weight excluding hydrogens is 657 g/mol. The Morgan fingerprint density at radius 1 is 0.283 bits per heavy atom. The van der Waals surface area contributed by atoms with Crippen molar-refractivity contribution in [2.45, 2.75) is 290 Å². The average Bonchev–Trinajstić information content (AvgIpc) is 3.14. The molecule has 0 rings (SSSR count). The van der Waals surface area contributed by atoms with E-state index in [1.165, 1.54) is 212 Å². The van der Waals surface area contributed by atoms with Gasteiger partial charge in [0.05, 0.1) is 0 Å². The number of esters is 2. The van der Waals surface area contributed by atoms with Crippen LogP contribution in [0.4, 0.5) is 0 Å². The highest BCUT2D eigenvalue weighted by Crippen LogP contribution is 2.16. The normalized spacial score (nSPS) is 11.0. The van der Waals surface area contributed by atoms with Crippen molar-refractivity contribution in [3.8, 4) is 0 Å². The van der Waals surface area contributed by atoms with Crippen LogP contribution in [0.3, 0.4) is 0 Å². The molecule has 0 unspecified atom stereocenters. The van der Waals surface area contributed by atoms with Crippen LogP contribution in [0.5, 0.6) is 0 Å². The topological polar surface area (TPSA) is 80.7 Å². The zero-order valence-corrected chi connectivity index (χ0v) is 36.3. The number of carboxylic acids is 1. The molecule has 1 N–H and O–H groups in total. The molecule has 0 saturated carbocycles. The van der Waals surface area contributed by atoms with Crippen LogP contribution in [0.1, 0.15) is 290 Å². The summed E-state index contributed by atoms with van der Waals surface area (Å²) in [5, 5.41) is 8.49. The second-order valence-corrected chi connectivity index (χ2v) is 16.2. The molecule has 0 aliphatic rings. The molecule has 0 aromatic heterocycles. The first-order chi connectivity index (χ1) is 26.0. The quantitative estimate of drug-likeness (QED) is 0.0382. The highest BCUT2D eigenvalue weighted by atomic mass is 16.6. The first-order valence-electron chi connectivity index (χ1n) is 23.9. The lowest BCUT2D eigenvalue weighted by atomic mass is 10.0. The van der Waals surface area contributed by atoms with Gasteiger partial charge in [-0.2, -0.15) is 0 Å². The molecule has 53 heavy (non-hydrogen) atoms. The summed E-state index contributed by atoms with van der Waals surface area (Å²) in [6, 6.07) is 0. The van der Waals surface area contributed by atoms with E-state index in [2.05, 4.69) is 20.8 Å². The first-order valence-corrected chi connectivity index (χ1v) is 23.9. The van der Waals surface area contributed by atoms with Gasteiger partial charge in [-0.15, -0.1) is 0 Å². The predicted octanol–water partition coefficient (Wildman–Crippen LogP) is 16.6. The van der Waals surface area contributed by atoms with Gasteiger partial charge in [0.1, 0.15) is 0 Å². The van der Waals surface area contributed by atoms with Crippen LogP contribution < -0.4 is 0 Å². The maximum atomic E-state index is 11.8. The number of carbonyl (C=O) groups is 3. The van der Waals surface area contributed by atoms with Crippen LogP contribution >= 0.6 is 0 Å². The highest BCUT2D eigenvalue weighted by Gasteiger charge is 2.10. The average molecular weight is 751 g/mol. The molecule has 5 heteroatoms. The molecular formula is C48H94O5. The Balaban J connectivity index is 0. The van der Waals surface area contributed by atoms with Crippen molar-refractivity contribution in [2.75, 3.05) is 0 Å². The van der Waals surface area contributed by atoms with Gasteiger partial charge in [-0.25, -0.2) is 0 Å². The summed E-state index contributed by atoms with van der Waals surface area (Å²) < 4.78 is 4.99. The van der Waals surface area contributed by atoms with E-state index < -0.39 is 5.97 Å². The zero-order valence-electron chi connectivity index (χ0n) is 36.3. The van der Waals surface area contributed by atoms with Gasteiger partial charge in [0.25, 0.3) is 0 Å². The molecule has 0 aliphatic heterocycles. The standard InChI is InChI=1S/C32H62O3.C16H32O2/c1-3-5-7-9-11-13-15-17-19-21-23-25-27-29-31(33)35-32(34)30-28-26-24-22-20-18-16-14-12-10-8-6-4-2;1-2-3-4-5-6-7-8-9-10-11-12-13-14-15-16(17)18/h3-30H2,1-2H3;2-15H2,1H3,(H,17,18). The molecule has 0 atom stereocenters. The first kappa shape index (κ1) is 53.7. The summed E-state index contributed by atoms with van der Waals surface area (Å²) in [6.45, 7) is 6.80. The van der Waals surface area contributed by atoms with Crippen LogP contribution in [0.25, 0.3) is 0 Å². The minimum absolute atomic E-state index is 0.326. The van der Waals surface area contributed by atoms with Gasteiger partial charge in [-0.1, -0.05) is 252 Å². The summed E-state index contributed by atoms with van der Waals surface area (Å²) >= 11 is 0. The van der Waals surface area contributed by atoms with E-state index in [1.54, 1.807) is 0 Å². The third kappa shape index (κ3) is 52.8. The number of carbonyl (C=O) groups excluding carboxylic acids is 2. The van der Waals surface area contributed by atoms with E-state index in [-0.39, 0.29) is 11.9 Å². The van der Waals surface area contributed by atoms with Gasteiger partial charge >= 0.3 is 17.9 Å². The Labute approximate surface area is 331 Å². The third-order valence-corrected chi connectivity index (χ3v) is 10.7. The molecule has 0 spiro atoms. The lowest BCUT2D eigenvalue weighted by Gasteiger charge is -2.05. The number of aliphatic carboxylic acids is 1.